The van der Waals surface area contributed by atoms with Crippen molar-refractivity contribution in [3.8, 4) is 11.1 Å². The van der Waals surface area contributed by atoms with Gasteiger partial charge >= 0.3 is 0 Å². The Hall–Kier alpha value is -2.85. The summed E-state index contributed by atoms with van der Waals surface area (Å²) < 4.78 is 15.5. The molecule has 4 aromatic rings. The van der Waals surface area contributed by atoms with E-state index in [4.69, 9.17) is 10.7 Å². The second-order valence-electron chi connectivity index (χ2n) is 8.18. The number of nitrogens with zero attached hydrogens (tertiary/aromatic N) is 3. The molecule has 3 aromatic heterocycles. The van der Waals surface area contributed by atoms with E-state index in [1.165, 1.54) is 6.07 Å². The minimum absolute atomic E-state index is 0.0986. The van der Waals surface area contributed by atoms with Crippen LogP contribution in [-0.4, -0.2) is 20.5 Å². The number of aromatic nitrogens is 3. The van der Waals surface area contributed by atoms with Crippen molar-refractivity contribution in [2.45, 2.75) is 46.0 Å². The van der Waals surface area contributed by atoms with Crippen LogP contribution >= 0.6 is 8.19 Å². The van der Waals surface area contributed by atoms with Crippen molar-refractivity contribution in [1.29, 1.82) is 0 Å². The number of amides is 1. The quantitative estimate of drug-likeness (QED) is 0.388. The fourth-order valence-electron chi connectivity index (χ4n) is 4.10. The third-order valence-corrected chi connectivity index (χ3v) is 7.07. The van der Waals surface area contributed by atoms with Gasteiger partial charge in [-0.2, -0.15) is 5.10 Å². The van der Waals surface area contributed by atoms with Crippen LogP contribution in [-0.2, 0) is 4.79 Å². The highest BCUT2D eigenvalue weighted by atomic mass is 31.0. The number of halogens is 1. The predicted octanol–water partition coefficient (Wildman–Crippen LogP) is 5.97. The number of hydrogen-bond acceptors (Lipinski definition) is 3. The Kier molecular flexibility index (Phi) is 6.01. The molecule has 160 valence electrons. The van der Waals surface area contributed by atoms with Crippen LogP contribution in [0.1, 0.15) is 50.3 Å². The minimum Gasteiger partial charge on any atom is -0.369 e. The second kappa shape index (κ2) is 8.72. The molecular weight excluding hydrogens is 410 g/mol. The van der Waals surface area contributed by atoms with Crippen molar-refractivity contribution >= 4 is 30.3 Å². The average Bonchev–Trinajstić information content (AvgIpc) is 3.15. The molecule has 0 saturated heterocycles. The van der Waals surface area contributed by atoms with E-state index in [9.17, 15) is 9.18 Å². The normalized spacial score (nSPS) is 13.8. The minimum atomic E-state index is -0.238. The summed E-state index contributed by atoms with van der Waals surface area (Å²) in [6.07, 6.45) is 6.17. The summed E-state index contributed by atoms with van der Waals surface area (Å²) in [6.45, 7) is 6.17. The first kappa shape index (κ1) is 21.4. The highest BCUT2D eigenvalue weighted by Gasteiger charge is 2.19. The Balaban J connectivity index is 1.70. The number of carbonyl (C=O) groups excluding carboxylic acids is 1. The summed E-state index contributed by atoms with van der Waals surface area (Å²) >= 11 is 0. The smallest absolute Gasteiger partial charge is 0.220 e. The van der Waals surface area contributed by atoms with Crippen molar-refractivity contribution in [3.05, 3.63) is 59.5 Å². The Bertz CT molecular complexity index is 1270. The Morgan fingerprint density at radius 3 is 2.84 bits per heavy atom. The van der Waals surface area contributed by atoms with Crippen LogP contribution in [0.2, 0.25) is 0 Å². The molecule has 1 aromatic carbocycles. The lowest BCUT2D eigenvalue weighted by molar-refractivity contribution is -0.122. The molecular formula is C24H26FN4OP. The third kappa shape index (κ3) is 4.31. The summed E-state index contributed by atoms with van der Waals surface area (Å²) in [5.41, 5.74) is 10.3. The molecule has 0 aliphatic carbocycles. The molecule has 4 rings (SSSR count). The van der Waals surface area contributed by atoms with Gasteiger partial charge in [0.25, 0.3) is 0 Å². The van der Waals surface area contributed by atoms with Gasteiger partial charge in [-0.3, -0.25) is 4.79 Å². The Labute approximate surface area is 182 Å². The molecule has 0 fully saturated rings. The van der Waals surface area contributed by atoms with Crippen molar-refractivity contribution in [2.75, 3.05) is 0 Å². The molecule has 2 atom stereocenters. The molecule has 2 unspecified atom stereocenters. The first-order chi connectivity index (χ1) is 14.9. The molecule has 0 saturated carbocycles. The molecule has 1 amide bonds. The van der Waals surface area contributed by atoms with E-state index < -0.39 is 0 Å². The maximum atomic E-state index is 13.7. The number of fused-ring (bicyclic) bond motifs is 2. The molecule has 5 nitrogen and oxygen atoms in total. The van der Waals surface area contributed by atoms with E-state index in [0.717, 1.165) is 66.0 Å². The fraction of sp³-hybridized carbons (Fsp3) is 0.333. The average molecular weight is 436 g/mol. The standard InChI is InChI=1S/C24H26FN4OP/c1-4-16(23(26)30)6-5-14(2)22-15(3)12-29-24(28-22)20(11-27-29)18-9-17-10-19(25)7-8-21(17)31-13-18/h7-14,16H,4-6H2,1-3H3,(H2,26,30). The predicted molar refractivity (Wildman–Crippen MR) is 124 cm³/mol. The lowest BCUT2D eigenvalue weighted by atomic mass is 9.91. The summed E-state index contributed by atoms with van der Waals surface area (Å²) in [6, 6.07) is 6.88. The highest BCUT2D eigenvalue weighted by Crippen LogP contribution is 2.34. The van der Waals surface area contributed by atoms with Gasteiger partial charge in [-0.05, 0) is 78.7 Å². The monoisotopic (exact) mass is 436 g/mol. The molecule has 0 spiro atoms. The van der Waals surface area contributed by atoms with Crippen LogP contribution in [0, 0.1) is 18.7 Å². The third-order valence-electron chi connectivity index (χ3n) is 5.98. The van der Waals surface area contributed by atoms with Gasteiger partial charge in [0, 0.05) is 22.8 Å². The Morgan fingerprint density at radius 2 is 2.10 bits per heavy atom. The summed E-state index contributed by atoms with van der Waals surface area (Å²) in [5, 5.41) is 6.46. The van der Waals surface area contributed by atoms with Gasteiger partial charge in [-0.15, -0.1) is 0 Å². The van der Waals surface area contributed by atoms with Crippen molar-refractivity contribution in [3.63, 3.8) is 0 Å². The fourth-order valence-corrected chi connectivity index (χ4v) is 5.03. The second-order valence-corrected chi connectivity index (χ2v) is 9.18. The number of hydrogen-bond donors (Lipinski definition) is 1. The molecule has 31 heavy (non-hydrogen) atoms. The van der Waals surface area contributed by atoms with Crippen molar-refractivity contribution in [1.82, 2.24) is 14.6 Å². The lowest BCUT2D eigenvalue weighted by Crippen LogP contribution is -2.23. The summed E-state index contributed by atoms with van der Waals surface area (Å²) in [7, 11) is 1.02. The molecule has 0 aliphatic heterocycles. The molecule has 0 radical (unpaired) electrons. The number of benzene rings is 1. The van der Waals surface area contributed by atoms with Gasteiger partial charge in [0.05, 0.1) is 11.9 Å². The van der Waals surface area contributed by atoms with Crippen molar-refractivity contribution < 1.29 is 9.18 Å². The largest absolute Gasteiger partial charge is 0.369 e. The van der Waals surface area contributed by atoms with E-state index in [1.807, 2.05) is 38.4 Å². The molecule has 2 N–H and O–H groups in total. The van der Waals surface area contributed by atoms with Gasteiger partial charge in [0.1, 0.15) is 5.82 Å². The van der Waals surface area contributed by atoms with Crippen molar-refractivity contribution in [2.24, 2.45) is 11.7 Å². The number of rotatable bonds is 7. The van der Waals surface area contributed by atoms with Crippen LogP contribution in [0.15, 0.2) is 42.5 Å². The van der Waals surface area contributed by atoms with Crippen LogP contribution in [0.4, 0.5) is 4.39 Å². The van der Waals surface area contributed by atoms with E-state index >= 15 is 0 Å². The zero-order chi connectivity index (χ0) is 22.1. The number of primary amides is 1. The van der Waals surface area contributed by atoms with E-state index in [-0.39, 0.29) is 23.6 Å². The van der Waals surface area contributed by atoms with Gasteiger partial charge in [0.2, 0.25) is 5.91 Å². The van der Waals surface area contributed by atoms with Crippen LogP contribution in [0.3, 0.4) is 0 Å². The zero-order valence-electron chi connectivity index (χ0n) is 18.0. The van der Waals surface area contributed by atoms with Crippen LogP contribution < -0.4 is 5.73 Å². The highest BCUT2D eigenvalue weighted by molar-refractivity contribution is 7.36. The van der Waals surface area contributed by atoms with E-state index in [1.54, 1.807) is 10.6 Å². The van der Waals surface area contributed by atoms with E-state index in [2.05, 4.69) is 17.8 Å². The van der Waals surface area contributed by atoms with Gasteiger partial charge in [-0.1, -0.05) is 22.0 Å². The van der Waals surface area contributed by atoms with Gasteiger partial charge in [0.15, 0.2) is 5.65 Å². The van der Waals surface area contributed by atoms with Gasteiger partial charge < -0.3 is 5.73 Å². The van der Waals surface area contributed by atoms with E-state index in [0.29, 0.717) is 0 Å². The summed E-state index contributed by atoms with van der Waals surface area (Å²) in [5.74, 6) is 1.73. The molecule has 3 heterocycles. The number of aryl methyl sites for hydroxylation is 1. The Morgan fingerprint density at radius 1 is 1.29 bits per heavy atom. The lowest BCUT2D eigenvalue weighted by Gasteiger charge is -2.17. The molecule has 7 heteroatoms. The molecule has 0 aliphatic rings. The first-order valence-electron chi connectivity index (χ1n) is 10.6. The topological polar surface area (TPSA) is 73.3 Å². The number of nitrogens with two attached hydrogens (primary N) is 1. The van der Waals surface area contributed by atoms with Gasteiger partial charge in [-0.25, -0.2) is 13.9 Å². The first-order valence-corrected chi connectivity index (χ1v) is 11.5. The zero-order valence-corrected chi connectivity index (χ0v) is 18.9. The maximum Gasteiger partial charge on any atom is 0.220 e. The van der Waals surface area contributed by atoms with Crippen LogP contribution in [0.25, 0.3) is 27.3 Å². The SMILES string of the molecule is CCC(CCC(C)c1nc2c(-c3cpc4ccc(F)cc4c3)cnn2cc1C)C(N)=O. The van der Waals surface area contributed by atoms with Crippen LogP contribution in [0.5, 0.6) is 0 Å². The maximum absolute atomic E-state index is 13.7. The summed E-state index contributed by atoms with van der Waals surface area (Å²) in [4.78, 5) is 16.6. The number of carbonyl (C=O) groups is 1. The molecule has 0 bridgehead atoms.